The number of amides is 2. The zero-order valence-electron chi connectivity index (χ0n) is 20.4. The van der Waals surface area contributed by atoms with Crippen molar-refractivity contribution in [2.24, 2.45) is 27.7 Å². The third-order valence-corrected chi connectivity index (χ3v) is 8.25. The fourth-order valence-corrected chi connectivity index (χ4v) is 5.57. The van der Waals surface area contributed by atoms with Gasteiger partial charge in [0.05, 0.1) is 23.4 Å². The maximum Gasteiger partial charge on any atom is 0.254 e. The first-order valence-corrected chi connectivity index (χ1v) is 13.9. The molecule has 35 heavy (non-hydrogen) atoms. The Balaban J connectivity index is 1.79. The van der Waals surface area contributed by atoms with Gasteiger partial charge in [-0.2, -0.15) is 0 Å². The van der Waals surface area contributed by atoms with Crippen LogP contribution in [0.4, 0.5) is 0 Å². The van der Waals surface area contributed by atoms with Crippen LogP contribution in [0.5, 0.6) is 5.75 Å². The maximum atomic E-state index is 13.0. The maximum absolute atomic E-state index is 13.0. The molecule has 0 radical (unpaired) electrons. The highest BCUT2D eigenvalue weighted by Gasteiger charge is 2.40. The number of likely N-dealkylation sites (tertiary alicyclic amines) is 1. The van der Waals surface area contributed by atoms with Gasteiger partial charge in [0.25, 0.3) is 10.0 Å². The van der Waals surface area contributed by atoms with Crippen LogP contribution in [0.3, 0.4) is 0 Å². The van der Waals surface area contributed by atoms with E-state index in [0.29, 0.717) is 24.8 Å². The van der Waals surface area contributed by atoms with Gasteiger partial charge in [0, 0.05) is 13.1 Å². The van der Waals surface area contributed by atoms with Gasteiger partial charge in [-0.25, -0.2) is 8.42 Å². The molecule has 2 fully saturated rings. The van der Waals surface area contributed by atoms with E-state index in [4.69, 9.17) is 11.5 Å². The van der Waals surface area contributed by atoms with Gasteiger partial charge in [0.2, 0.25) is 11.8 Å². The molecule has 2 aliphatic rings. The standard InChI is InChI=1S/C24H37N5O5S/c1-3-35(33,34)28-22(26)19-10-9-16(11-21(19)30)13-29-14-18(17-7-5-4-6-8-17)12-20(29)24(32)27-23(31)15(2)25/h9-11,15,17-18,20,30H,3-8,12-14,25H2,1-2H3,(H2,26,28)(H,27,31,32)/t15-,18?,20-/m0/s1. The number of carbonyl (C=O) groups is 2. The first-order valence-electron chi connectivity index (χ1n) is 12.3. The molecule has 0 aromatic heterocycles. The quantitative estimate of drug-likeness (QED) is 0.301. The Bertz CT molecular complexity index is 1070. The molecule has 1 heterocycles. The highest BCUT2D eigenvalue weighted by atomic mass is 32.2. The number of sulfonamides is 1. The predicted molar refractivity (Wildman–Crippen MR) is 134 cm³/mol. The fraction of sp³-hybridized carbons (Fsp3) is 0.625. The summed E-state index contributed by atoms with van der Waals surface area (Å²) in [6, 6.07) is 3.50. The first kappa shape index (κ1) is 27.1. The molecule has 194 valence electrons. The Morgan fingerprint density at radius 2 is 1.91 bits per heavy atom. The van der Waals surface area contributed by atoms with Crippen LogP contribution in [-0.2, 0) is 26.2 Å². The van der Waals surface area contributed by atoms with E-state index < -0.39 is 28.0 Å². The molecule has 1 aliphatic heterocycles. The number of imide groups is 1. The van der Waals surface area contributed by atoms with Crippen LogP contribution >= 0.6 is 0 Å². The molecule has 2 amide bonds. The third kappa shape index (κ3) is 7.02. The summed E-state index contributed by atoms with van der Waals surface area (Å²) in [6.07, 6.45) is 6.62. The Hall–Kier alpha value is -2.50. The number of amidine groups is 1. The van der Waals surface area contributed by atoms with E-state index in [1.807, 2.05) is 4.90 Å². The van der Waals surface area contributed by atoms with Crippen LogP contribution in [0.1, 0.15) is 63.5 Å². The SMILES string of the molecule is CCS(=O)(=O)N=C(N)c1ccc(CN2CC(C3CCCCC3)C[C@H]2C(=O)NC(=O)[C@H](C)N)cc1O. The lowest BCUT2D eigenvalue weighted by molar-refractivity contribution is -0.133. The van der Waals surface area contributed by atoms with Crippen LogP contribution in [0.2, 0.25) is 0 Å². The Kier molecular flexibility index (Phi) is 8.89. The molecule has 1 unspecified atom stereocenters. The van der Waals surface area contributed by atoms with Crippen LogP contribution in [0, 0.1) is 11.8 Å². The van der Waals surface area contributed by atoms with E-state index in [-0.39, 0.29) is 28.8 Å². The van der Waals surface area contributed by atoms with Gasteiger partial charge in [-0.05, 0) is 49.8 Å². The third-order valence-electron chi connectivity index (χ3n) is 7.04. The van der Waals surface area contributed by atoms with Crippen molar-refractivity contribution < 1.29 is 23.1 Å². The van der Waals surface area contributed by atoms with Crippen molar-refractivity contribution in [1.82, 2.24) is 10.2 Å². The van der Waals surface area contributed by atoms with Crippen molar-refractivity contribution in [2.75, 3.05) is 12.3 Å². The zero-order chi connectivity index (χ0) is 25.8. The average Bonchev–Trinajstić information content (AvgIpc) is 3.23. The summed E-state index contributed by atoms with van der Waals surface area (Å²) in [7, 11) is -3.70. The summed E-state index contributed by atoms with van der Waals surface area (Å²) in [6.45, 7) is 4.09. The van der Waals surface area contributed by atoms with E-state index in [0.717, 1.165) is 24.9 Å². The molecule has 10 nitrogen and oxygen atoms in total. The summed E-state index contributed by atoms with van der Waals surface area (Å²) >= 11 is 0. The minimum absolute atomic E-state index is 0.129. The molecule has 1 aromatic carbocycles. The lowest BCUT2D eigenvalue weighted by atomic mass is 9.79. The van der Waals surface area contributed by atoms with E-state index in [2.05, 4.69) is 9.71 Å². The largest absolute Gasteiger partial charge is 0.507 e. The lowest BCUT2D eigenvalue weighted by Gasteiger charge is -2.27. The van der Waals surface area contributed by atoms with Gasteiger partial charge in [-0.15, -0.1) is 4.40 Å². The highest BCUT2D eigenvalue weighted by Crippen LogP contribution is 2.38. The number of benzene rings is 1. The molecule has 6 N–H and O–H groups in total. The number of aromatic hydroxyl groups is 1. The van der Waals surface area contributed by atoms with Gasteiger partial charge in [0.15, 0.2) is 0 Å². The molecular formula is C24H37N5O5S. The molecule has 3 atom stereocenters. The van der Waals surface area contributed by atoms with Gasteiger partial charge in [-0.3, -0.25) is 19.8 Å². The number of phenolic OH excluding ortho intramolecular Hbond substituents is 1. The number of phenols is 1. The summed E-state index contributed by atoms with van der Waals surface area (Å²) in [5.74, 6) is -0.611. The van der Waals surface area contributed by atoms with Gasteiger partial charge < -0.3 is 16.6 Å². The van der Waals surface area contributed by atoms with Crippen molar-refractivity contribution in [3.05, 3.63) is 29.3 Å². The molecule has 1 aliphatic carbocycles. The lowest BCUT2D eigenvalue weighted by Crippen LogP contribution is -2.49. The van der Waals surface area contributed by atoms with Crippen molar-refractivity contribution in [1.29, 1.82) is 0 Å². The van der Waals surface area contributed by atoms with Crippen LogP contribution in [-0.4, -0.2) is 60.5 Å². The Labute approximate surface area is 207 Å². The summed E-state index contributed by atoms with van der Waals surface area (Å²) < 4.78 is 27.0. The fourth-order valence-electron chi connectivity index (χ4n) is 5.04. The smallest absolute Gasteiger partial charge is 0.254 e. The van der Waals surface area contributed by atoms with Gasteiger partial charge in [-0.1, -0.05) is 38.2 Å². The van der Waals surface area contributed by atoms with E-state index in [1.54, 1.807) is 6.07 Å². The van der Waals surface area contributed by atoms with Crippen molar-refractivity contribution >= 4 is 27.7 Å². The molecule has 3 rings (SSSR count). The summed E-state index contributed by atoms with van der Waals surface area (Å²) in [4.78, 5) is 27.1. The monoisotopic (exact) mass is 507 g/mol. The first-order chi connectivity index (χ1) is 16.5. The van der Waals surface area contributed by atoms with Gasteiger partial charge >= 0.3 is 0 Å². The Morgan fingerprint density at radius 1 is 1.23 bits per heavy atom. The summed E-state index contributed by atoms with van der Waals surface area (Å²) in [5.41, 5.74) is 12.3. The highest BCUT2D eigenvalue weighted by molar-refractivity contribution is 7.90. The molecule has 1 saturated carbocycles. The van der Waals surface area contributed by atoms with E-state index in [1.165, 1.54) is 45.2 Å². The number of nitrogens with one attached hydrogen (secondary N) is 1. The number of nitrogens with two attached hydrogens (primary N) is 2. The number of carbonyl (C=O) groups excluding carboxylic acids is 2. The summed E-state index contributed by atoms with van der Waals surface area (Å²) in [5, 5.41) is 12.9. The topological polar surface area (TPSA) is 168 Å². The molecule has 0 spiro atoms. The number of hydrogen-bond acceptors (Lipinski definition) is 7. The van der Waals surface area contributed by atoms with Crippen LogP contribution in [0.15, 0.2) is 22.6 Å². The van der Waals surface area contributed by atoms with E-state index in [9.17, 15) is 23.1 Å². The minimum atomic E-state index is -3.70. The number of nitrogens with zero attached hydrogens (tertiary/aromatic N) is 2. The molecule has 1 saturated heterocycles. The average molecular weight is 508 g/mol. The number of rotatable bonds is 8. The van der Waals surface area contributed by atoms with Crippen LogP contribution < -0.4 is 16.8 Å². The minimum Gasteiger partial charge on any atom is -0.507 e. The normalized spacial score (nSPS) is 23.2. The van der Waals surface area contributed by atoms with Gasteiger partial charge in [0.1, 0.15) is 11.6 Å². The molecule has 1 aromatic rings. The van der Waals surface area contributed by atoms with Crippen LogP contribution in [0.25, 0.3) is 0 Å². The van der Waals surface area contributed by atoms with Crippen molar-refractivity contribution in [2.45, 2.75) is 71.0 Å². The number of hydrogen-bond donors (Lipinski definition) is 4. The molecule has 0 bridgehead atoms. The predicted octanol–water partition coefficient (Wildman–Crippen LogP) is 1.21. The van der Waals surface area contributed by atoms with Crippen molar-refractivity contribution in [3.8, 4) is 5.75 Å². The Morgan fingerprint density at radius 3 is 2.51 bits per heavy atom. The molecule has 11 heteroatoms. The van der Waals surface area contributed by atoms with E-state index >= 15 is 0 Å². The second-order valence-corrected chi connectivity index (χ2v) is 11.6. The zero-order valence-corrected chi connectivity index (χ0v) is 21.3. The second-order valence-electron chi connectivity index (χ2n) is 9.68. The van der Waals surface area contributed by atoms with Crippen molar-refractivity contribution in [3.63, 3.8) is 0 Å². The molecular weight excluding hydrogens is 470 g/mol. The second kappa shape index (κ2) is 11.5.